The molecule has 0 radical (unpaired) electrons. The Kier molecular flexibility index (Phi) is 6.35. The number of hydrogen-bond donors (Lipinski definition) is 3. The third kappa shape index (κ3) is 5.66. The average molecular weight is 432 g/mol. The molecule has 0 saturated carbocycles. The van der Waals surface area contributed by atoms with E-state index in [0.717, 1.165) is 6.07 Å². The minimum atomic E-state index is -4.57. The number of amides is 1. The van der Waals surface area contributed by atoms with Crippen LogP contribution >= 0.6 is 0 Å². The van der Waals surface area contributed by atoms with Crippen LogP contribution < -0.4 is 21.5 Å². The number of halogens is 3. The van der Waals surface area contributed by atoms with Gasteiger partial charge in [0.2, 0.25) is 5.88 Å². The van der Waals surface area contributed by atoms with E-state index < -0.39 is 17.8 Å². The van der Waals surface area contributed by atoms with E-state index in [4.69, 9.17) is 16.2 Å². The highest BCUT2D eigenvalue weighted by atomic mass is 19.4. The third-order valence-corrected chi connectivity index (χ3v) is 4.08. The second kappa shape index (κ2) is 8.96. The number of rotatable bonds is 7. The van der Waals surface area contributed by atoms with Gasteiger partial charge in [-0.2, -0.15) is 13.2 Å². The molecule has 1 unspecified atom stereocenters. The van der Waals surface area contributed by atoms with Gasteiger partial charge in [-0.25, -0.2) is 15.0 Å². The van der Waals surface area contributed by atoms with Gasteiger partial charge in [0.15, 0.2) is 5.82 Å². The molecule has 0 saturated heterocycles. The van der Waals surface area contributed by atoms with Gasteiger partial charge >= 0.3 is 6.18 Å². The normalized spacial score (nSPS) is 12.3. The number of carbonyl (C=O) groups excluding carboxylic acids is 1. The number of primary amides is 1. The smallest absolute Gasteiger partial charge is 0.433 e. The summed E-state index contributed by atoms with van der Waals surface area (Å²) < 4.78 is 43.8. The predicted molar refractivity (Wildman–Crippen MR) is 107 cm³/mol. The summed E-state index contributed by atoms with van der Waals surface area (Å²) >= 11 is 0. The lowest BCUT2D eigenvalue weighted by Gasteiger charge is -2.14. The number of hydrogen-bond acceptors (Lipinski definition) is 7. The topological polar surface area (TPSA) is 129 Å². The molecular formula is C20H19F3N6O2. The lowest BCUT2D eigenvalue weighted by Crippen LogP contribution is -2.26. The zero-order valence-corrected chi connectivity index (χ0v) is 16.3. The molecule has 3 rings (SSSR count). The van der Waals surface area contributed by atoms with Crippen molar-refractivity contribution in [2.75, 3.05) is 11.9 Å². The maximum absolute atomic E-state index is 12.8. The maximum atomic E-state index is 12.8. The highest BCUT2D eigenvalue weighted by Crippen LogP contribution is 2.30. The van der Waals surface area contributed by atoms with Gasteiger partial charge in [-0.05, 0) is 37.3 Å². The molecule has 5 N–H and O–H groups in total. The Morgan fingerprint density at radius 2 is 1.84 bits per heavy atom. The second-order valence-electron chi connectivity index (χ2n) is 6.59. The molecule has 2 heterocycles. The van der Waals surface area contributed by atoms with E-state index in [0.29, 0.717) is 17.9 Å². The van der Waals surface area contributed by atoms with Crippen LogP contribution in [0.5, 0.6) is 11.6 Å². The molecule has 1 amide bonds. The average Bonchev–Trinajstić information content (AvgIpc) is 2.73. The number of nitrogens with one attached hydrogen (secondary N) is 1. The lowest BCUT2D eigenvalue weighted by atomic mass is 10.2. The maximum Gasteiger partial charge on any atom is 0.433 e. The van der Waals surface area contributed by atoms with Crippen LogP contribution in [0.15, 0.2) is 48.5 Å². The van der Waals surface area contributed by atoms with Gasteiger partial charge in [-0.3, -0.25) is 4.79 Å². The Hall–Kier alpha value is -3.73. The van der Waals surface area contributed by atoms with Gasteiger partial charge < -0.3 is 21.5 Å². The molecule has 0 aliphatic heterocycles. The molecule has 2 aromatic heterocycles. The van der Waals surface area contributed by atoms with Crippen LogP contribution in [0.4, 0.5) is 19.0 Å². The number of anilines is 1. The Morgan fingerprint density at radius 3 is 2.45 bits per heavy atom. The molecule has 162 valence electrons. The molecule has 11 heteroatoms. The fourth-order valence-corrected chi connectivity index (χ4v) is 2.51. The summed E-state index contributed by atoms with van der Waals surface area (Å²) in [6, 6.07) is 10.9. The van der Waals surface area contributed by atoms with E-state index in [1.54, 1.807) is 12.1 Å². The molecule has 0 aliphatic rings. The summed E-state index contributed by atoms with van der Waals surface area (Å²) in [6.45, 7) is 2.19. The third-order valence-electron chi connectivity index (χ3n) is 4.08. The van der Waals surface area contributed by atoms with E-state index >= 15 is 0 Å². The molecule has 31 heavy (non-hydrogen) atoms. The number of aromatic nitrogens is 3. The minimum Gasteiger partial charge on any atom is -0.439 e. The van der Waals surface area contributed by atoms with Crippen LogP contribution in [0.25, 0.3) is 11.4 Å². The van der Waals surface area contributed by atoms with Crippen LogP contribution in [0.2, 0.25) is 0 Å². The first-order valence-corrected chi connectivity index (χ1v) is 9.13. The van der Waals surface area contributed by atoms with E-state index in [1.807, 2.05) is 6.92 Å². The van der Waals surface area contributed by atoms with E-state index in [-0.39, 0.29) is 29.2 Å². The Labute approximate surface area is 175 Å². The van der Waals surface area contributed by atoms with Crippen LogP contribution in [0.1, 0.15) is 23.1 Å². The van der Waals surface area contributed by atoms with Crippen molar-refractivity contribution in [1.29, 1.82) is 0 Å². The van der Waals surface area contributed by atoms with Crippen molar-refractivity contribution in [3.05, 3.63) is 59.9 Å². The van der Waals surface area contributed by atoms with E-state index in [2.05, 4.69) is 20.3 Å². The van der Waals surface area contributed by atoms with Crippen LogP contribution in [-0.4, -0.2) is 33.4 Å². The molecule has 0 aliphatic carbocycles. The van der Waals surface area contributed by atoms with Crippen LogP contribution in [0.3, 0.4) is 0 Å². The van der Waals surface area contributed by atoms with Gasteiger partial charge in [-0.1, -0.05) is 6.07 Å². The number of ether oxygens (including phenoxy) is 1. The summed E-state index contributed by atoms with van der Waals surface area (Å²) in [5.41, 5.74) is 10.5. The van der Waals surface area contributed by atoms with Gasteiger partial charge in [0.05, 0.1) is 0 Å². The van der Waals surface area contributed by atoms with Crippen molar-refractivity contribution >= 4 is 11.7 Å². The van der Waals surface area contributed by atoms with Crippen LogP contribution in [0, 0.1) is 0 Å². The number of alkyl halides is 3. The zero-order valence-electron chi connectivity index (χ0n) is 16.3. The Bertz CT molecular complexity index is 1070. The monoisotopic (exact) mass is 432 g/mol. The van der Waals surface area contributed by atoms with Gasteiger partial charge in [0.25, 0.3) is 5.91 Å². The number of carbonyl (C=O) groups is 1. The van der Waals surface area contributed by atoms with Gasteiger partial charge in [-0.15, -0.1) is 0 Å². The summed E-state index contributed by atoms with van der Waals surface area (Å²) in [5, 5.41) is 3.05. The van der Waals surface area contributed by atoms with Crippen molar-refractivity contribution in [3.63, 3.8) is 0 Å². The van der Waals surface area contributed by atoms with E-state index in [1.165, 1.54) is 30.3 Å². The molecule has 1 atom stereocenters. The molecule has 0 bridgehead atoms. The number of nitrogens with zero attached hydrogens (tertiary/aromatic N) is 3. The number of benzene rings is 1. The first kappa shape index (κ1) is 22.0. The van der Waals surface area contributed by atoms with Crippen molar-refractivity contribution in [2.45, 2.75) is 19.1 Å². The standard InChI is InChI=1S/C20H19F3N6O2/c1-11(10-24)26-16-9-14(18(25)30)27-19(29-16)12-5-7-13(8-6-12)31-17-4-2-3-15(28-17)20(21,22)23/h2-9,11H,10,24H2,1H3,(H2,25,30)(H,26,27,29). The first-order valence-electron chi connectivity index (χ1n) is 9.13. The second-order valence-corrected chi connectivity index (χ2v) is 6.59. The van der Waals surface area contributed by atoms with Crippen molar-refractivity contribution < 1.29 is 22.7 Å². The summed E-state index contributed by atoms with van der Waals surface area (Å²) in [6.07, 6.45) is -4.57. The molecule has 3 aromatic rings. The predicted octanol–water partition coefficient (Wildman–Crippen LogP) is 3.21. The van der Waals surface area contributed by atoms with Crippen molar-refractivity contribution in [1.82, 2.24) is 15.0 Å². The summed E-state index contributed by atoms with van der Waals surface area (Å²) in [7, 11) is 0. The Balaban J connectivity index is 1.85. The van der Waals surface area contributed by atoms with Crippen molar-refractivity contribution in [3.8, 4) is 23.0 Å². The molecular weight excluding hydrogens is 413 g/mol. The van der Waals surface area contributed by atoms with Crippen LogP contribution in [-0.2, 0) is 6.18 Å². The Morgan fingerprint density at radius 1 is 1.13 bits per heavy atom. The van der Waals surface area contributed by atoms with Gasteiger partial charge in [0.1, 0.15) is 23.0 Å². The molecule has 1 aromatic carbocycles. The largest absolute Gasteiger partial charge is 0.439 e. The summed E-state index contributed by atoms with van der Waals surface area (Å²) in [4.78, 5) is 23.6. The number of nitrogens with two attached hydrogens (primary N) is 2. The highest BCUT2D eigenvalue weighted by molar-refractivity contribution is 5.92. The summed E-state index contributed by atoms with van der Waals surface area (Å²) in [5.74, 6) is -0.0479. The first-order chi connectivity index (χ1) is 14.7. The van der Waals surface area contributed by atoms with Crippen molar-refractivity contribution in [2.24, 2.45) is 11.5 Å². The fraction of sp³-hybridized carbons (Fsp3) is 0.200. The SMILES string of the molecule is CC(CN)Nc1cc(C(N)=O)nc(-c2ccc(Oc3cccc(C(F)(F)F)n3)cc2)n1. The molecule has 0 fully saturated rings. The molecule has 0 spiro atoms. The van der Waals surface area contributed by atoms with Gasteiger partial charge in [0, 0.05) is 30.3 Å². The zero-order chi connectivity index (χ0) is 22.6. The fourth-order valence-electron chi connectivity index (χ4n) is 2.51. The van der Waals surface area contributed by atoms with E-state index in [9.17, 15) is 18.0 Å². The number of pyridine rings is 1. The molecule has 8 nitrogen and oxygen atoms in total. The minimum absolute atomic E-state index is 0.0187. The quantitative estimate of drug-likeness (QED) is 0.523. The lowest BCUT2D eigenvalue weighted by molar-refractivity contribution is -0.141. The highest BCUT2D eigenvalue weighted by Gasteiger charge is 2.32.